The number of hydrogen-bond acceptors (Lipinski definition) is 11. The number of nitrogens with one attached hydrogen (secondary N) is 1. The van der Waals surface area contributed by atoms with Gasteiger partial charge in [0.25, 0.3) is 0 Å². The van der Waals surface area contributed by atoms with Crippen molar-refractivity contribution in [2.24, 2.45) is 0 Å². The van der Waals surface area contributed by atoms with Crippen LogP contribution in [0.15, 0.2) is 42.4 Å². The van der Waals surface area contributed by atoms with Gasteiger partial charge in [-0.3, -0.25) is 0 Å². The molecule has 0 aliphatic carbocycles. The second-order valence-corrected chi connectivity index (χ2v) is 9.17. The number of rotatable bonds is 11. The molecule has 2 aromatic heterocycles. The summed E-state index contributed by atoms with van der Waals surface area (Å²) in [6.07, 6.45) is 2.91. The number of ether oxygens (including phenoxy) is 4. The number of thiophene rings is 1. The predicted octanol–water partition coefficient (Wildman–Crippen LogP) is 5.69. The molecular formula is C26H25N3O6S2. The standard InChI is InChI=1S/C26H25N3O6S2/c1-6-10-35-26(31)22-15(3)21(25(30)34-7-2)24(37-22)28-13-17(12-27)23-29-18(14-36-23)16-8-9-19(32-4)20(11-16)33-5/h6,8-9,11,13-14,28H,1,7,10H2,2-5H3. The van der Waals surface area contributed by atoms with Gasteiger partial charge in [0.05, 0.1) is 32.1 Å². The third kappa shape index (κ3) is 6.17. The maximum atomic E-state index is 12.6. The van der Waals surface area contributed by atoms with Gasteiger partial charge in [-0.05, 0) is 37.6 Å². The molecule has 0 bridgehead atoms. The van der Waals surface area contributed by atoms with Crippen LogP contribution in [0.4, 0.5) is 5.00 Å². The first-order valence-electron chi connectivity index (χ1n) is 11.0. The van der Waals surface area contributed by atoms with Crippen molar-refractivity contribution in [2.45, 2.75) is 13.8 Å². The first-order valence-corrected chi connectivity index (χ1v) is 12.7. The Morgan fingerprint density at radius 2 is 1.95 bits per heavy atom. The van der Waals surface area contributed by atoms with E-state index in [0.717, 1.165) is 16.9 Å². The number of hydrogen-bond donors (Lipinski definition) is 1. The first-order chi connectivity index (χ1) is 17.9. The van der Waals surface area contributed by atoms with Gasteiger partial charge in [-0.1, -0.05) is 12.7 Å². The lowest BCUT2D eigenvalue weighted by molar-refractivity contribution is 0.0527. The molecule has 9 nitrogen and oxygen atoms in total. The van der Waals surface area contributed by atoms with Gasteiger partial charge in [0.15, 0.2) is 11.5 Å². The normalized spacial score (nSPS) is 10.8. The Bertz CT molecular complexity index is 1380. The van der Waals surface area contributed by atoms with E-state index in [1.807, 2.05) is 11.4 Å². The summed E-state index contributed by atoms with van der Waals surface area (Å²) in [5, 5.41) is 15.4. The molecule has 0 amide bonds. The lowest BCUT2D eigenvalue weighted by Crippen LogP contribution is -2.09. The number of anilines is 1. The van der Waals surface area contributed by atoms with E-state index in [4.69, 9.17) is 18.9 Å². The molecule has 0 aliphatic rings. The molecule has 0 radical (unpaired) electrons. The van der Waals surface area contributed by atoms with E-state index in [-0.39, 0.29) is 29.2 Å². The number of esters is 2. The second kappa shape index (κ2) is 12.7. The predicted molar refractivity (Wildman–Crippen MR) is 143 cm³/mol. The highest BCUT2D eigenvalue weighted by Crippen LogP contribution is 2.36. The molecule has 1 N–H and O–H groups in total. The fourth-order valence-electron chi connectivity index (χ4n) is 3.26. The van der Waals surface area contributed by atoms with E-state index in [1.165, 1.54) is 23.6 Å². The van der Waals surface area contributed by atoms with Crippen LogP contribution in [0, 0.1) is 18.3 Å². The minimum atomic E-state index is -0.585. The summed E-state index contributed by atoms with van der Waals surface area (Å²) in [7, 11) is 3.11. The molecular weight excluding hydrogens is 514 g/mol. The molecule has 192 valence electrons. The fourth-order valence-corrected chi connectivity index (χ4v) is 5.12. The molecule has 0 spiro atoms. The molecule has 3 aromatic rings. The number of carbonyl (C=O) groups is 2. The van der Waals surface area contributed by atoms with Crippen molar-refractivity contribution >= 4 is 45.2 Å². The SMILES string of the molecule is C=CCOC(=O)c1sc(NC=C(C#N)c2nc(-c3ccc(OC)c(OC)c3)cs2)c(C(=O)OCC)c1C. The monoisotopic (exact) mass is 539 g/mol. The van der Waals surface area contributed by atoms with Gasteiger partial charge in [-0.2, -0.15) is 5.26 Å². The summed E-state index contributed by atoms with van der Waals surface area (Å²) >= 11 is 2.33. The van der Waals surface area contributed by atoms with Crippen LogP contribution in [0.25, 0.3) is 16.8 Å². The first kappa shape index (κ1) is 27.4. The Morgan fingerprint density at radius 1 is 1.19 bits per heavy atom. The summed E-state index contributed by atoms with van der Waals surface area (Å²) in [6, 6.07) is 7.56. The van der Waals surface area contributed by atoms with Crippen molar-refractivity contribution < 1.29 is 28.5 Å². The molecule has 0 saturated heterocycles. The van der Waals surface area contributed by atoms with Crippen molar-refractivity contribution in [3.63, 3.8) is 0 Å². The third-order valence-electron chi connectivity index (χ3n) is 5.03. The maximum absolute atomic E-state index is 12.6. The van der Waals surface area contributed by atoms with Gasteiger partial charge in [0.1, 0.15) is 33.1 Å². The Morgan fingerprint density at radius 3 is 2.59 bits per heavy atom. The van der Waals surface area contributed by atoms with Crippen LogP contribution in [-0.2, 0) is 9.47 Å². The summed E-state index contributed by atoms with van der Waals surface area (Å²) in [5.41, 5.74) is 2.33. The number of carbonyl (C=O) groups excluding carboxylic acids is 2. The van der Waals surface area contributed by atoms with Crippen LogP contribution in [0.3, 0.4) is 0 Å². The Hall–Kier alpha value is -4.14. The van der Waals surface area contributed by atoms with Crippen LogP contribution in [0.2, 0.25) is 0 Å². The Labute approximate surface area is 222 Å². The summed E-state index contributed by atoms with van der Waals surface area (Å²) in [5.74, 6) is -0.00228. The molecule has 2 heterocycles. The largest absolute Gasteiger partial charge is 0.493 e. The van der Waals surface area contributed by atoms with Crippen molar-refractivity contribution in [3.05, 3.63) is 63.4 Å². The Kier molecular flexibility index (Phi) is 9.43. The minimum absolute atomic E-state index is 0.0403. The van der Waals surface area contributed by atoms with Gasteiger partial charge in [0.2, 0.25) is 0 Å². The van der Waals surface area contributed by atoms with Crippen molar-refractivity contribution in [3.8, 4) is 28.8 Å². The zero-order valence-electron chi connectivity index (χ0n) is 20.7. The van der Waals surface area contributed by atoms with Crippen LogP contribution in [0.5, 0.6) is 11.5 Å². The quantitative estimate of drug-likeness (QED) is 0.186. The van der Waals surface area contributed by atoms with Gasteiger partial charge < -0.3 is 24.3 Å². The summed E-state index contributed by atoms with van der Waals surface area (Å²) in [4.78, 5) is 30.0. The number of allylic oxidation sites excluding steroid dienone is 1. The van der Waals surface area contributed by atoms with Gasteiger partial charge in [0, 0.05) is 17.1 Å². The molecule has 3 rings (SSSR count). The third-order valence-corrected chi connectivity index (χ3v) is 7.10. The van der Waals surface area contributed by atoms with E-state index in [2.05, 4.69) is 22.9 Å². The lowest BCUT2D eigenvalue weighted by Gasteiger charge is -2.08. The van der Waals surface area contributed by atoms with Crippen molar-refractivity contribution in [1.82, 2.24) is 4.98 Å². The van der Waals surface area contributed by atoms with Crippen LogP contribution < -0.4 is 14.8 Å². The number of nitriles is 1. The van der Waals surface area contributed by atoms with Crippen LogP contribution >= 0.6 is 22.7 Å². The van der Waals surface area contributed by atoms with Crippen LogP contribution in [0.1, 0.15) is 37.5 Å². The van der Waals surface area contributed by atoms with E-state index >= 15 is 0 Å². The van der Waals surface area contributed by atoms with E-state index in [0.29, 0.717) is 32.8 Å². The lowest BCUT2D eigenvalue weighted by atomic mass is 10.1. The van der Waals surface area contributed by atoms with E-state index < -0.39 is 11.9 Å². The van der Waals surface area contributed by atoms with Crippen molar-refractivity contribution in [1.29, 1.82) is 5.26 Å². The highest BCUT2D eigenvalue weighted by Gasteiger charge is 2.26. The van der Waals surface area contributed by atoms with Gasteiger partial charge >= 0.3 is 11.9 Å². The number of aromatic nitrogens is 1. The average Bonchev–Trinajstić information content (AvgIpc) is 3.52. The van der Waals surface area contributed by atoms with Gasteiger partial charge in [-0.15, -0.1) is 22.7 Å². The zero-order chi connectivity index (χ0) is 26.9. The van der Waals surface area contributed by atoms with E-state index in [9.17, 15) is 14.9 Å². The van der Waals surface area contributed by atoms with E-state index in [1.54, 1.807) is 40.2 Å². The van der Waals surface area contributed by atoms with Gasteiger partial charge in [-0.25, -0.2) is 14.6 Å². The summed E-state index contributed by atoms with van der Waals surface area (Å²) in [6.45, 7) is 7.08. The fraction of sp³-hybridized carbons (Fsp3) is 0.231. The number of thiazole rings is 1. The average molecular weight is 540 g/mol. The second-order valence-electron chi connectivity index (χ2n) is 7.29. The molecule has 0 saturated carbocycles. The molecule has 1 aromatic carbocycles. The molecule has 37 heavy (non-hydrogen) atoms. The zero-order valence-corrected chi connectivity index (χ0v) is 22.4. The molecule has 0 fully saturated rings. The Balaban J connectivity index is 1.93. The van der Waals surface area contributed by atoms with Crippen LogP contribution in [-0.4, -0.2) is 44.4 Å². The summed E-state index contributed by atoms with van der Waals surface area (Å²) < 4.78 is 21.0. The molecule has 11 heteroatoms. The van der Waals surface area contributed by atoms with Crippen molar-refractivity contribution in [2.75, 3.05) is 32.8 Å². The number of methoxy groups -OCH3 is 2. The molecule has 0 unspecified atom stereocenters. The topological polar surface area (TPSA) is 120 Å². The smallest absolute Gasteiger partial charge is 0.348 e. The number of benzene rings is 1. The highest BCUT2D eigenvalue weighted by atomic mass is 32.1. The molecule has 0 aliphatic heterocycles. The highest BCUT2D eigenvalue weighted by molar-refractivity contribution is 7.18. The minimum Gasteiger partial charge on any atom is -0.493 e. The number of nitrogens with zero attached hydrogens (tertiary/aromatic N) is 2. The molecule has 0 atom stereocenters. The maximum Gasteiger partial charge on any atom is 0.348 e.